The summed E-state index contributed by atoms with van der Waals surface area (Å²) < 4.78 is 66.7. The lowest BCUT2D eigenvalue weighted by molar-refractivity contribution is -0.137. The summed E-state index contributed by atoms with van der Waals surface area (Å²) in [5, 5.41) is 1.65. The van der Waals surface area contributed by atoms with Crippen LogP contribution >= 0.6 is 11.3 Å². The molecule has 0 unspecified atom stereocenters. The van der Waals surface area contributed by atoms with E-state index in [0.717, 1.165) is 23.5 Å². The van der Waals surface area contributed by atoms with E-state index in [1.807, 2.05) is 0 Å². The van der Waals surface area contributed by atoms with Crippen LogP contribution < -0.4 is 9.62 Å². The van der Waals surface area contributed by atoms with Crippen molar-refractivity contribution in [2.24, 2.45) is 5.92 Å². The largest absolute Gasteiger partial charge is 0.416 e. The number of thiophene rings is 1. The number of carbonyl (C=O) groups excluding carboxylic acids is 1. The normalized spacial score (nSPS) is 16.6. The second-order valence-electron chi connectivity index (χ2n) is 7.64. The maximum absolute atomic E-state index is 13.1. The average Bonchev–Trinajstić information content (AvgIpc) is 3.27. The number of halogens is 3. The van der Waals surface area contributed by atoms with E-state index in [-0.39, 0.29) is 16.0 Å². The topological polar surface area (TPSA) is 69.7 Å². The molecule has 1 aromatic heterocycles. The first-order valence-corrected chi connectivity index (χ1v) is 12.1. The number of nitrogens with one attached hydrogen (secondary N) is 1. The number of carbonyl (C=O) groups is 1. The molecular weight excluding hydrogens is 451 g/mol. The van der Waals surface area contributed by atoms with Crippen LogP contribution in [0.25, 0.3) is 0 Å². The second kappa shape index (κ2) is 9.17. The van der Waals surface area contributed by atoms with Crippen LogP contribution in [0.4, 0.5) is 18.9 Å². The lowest BCUT2D eigenvalue weighted by Crippen LogP contribution is -2.56. The molecule has 0 aliphatic carbocycles. The highest BCUT2D eigenvalue weighted by Gasteiger charge is 2.34. The zero-order chi connectivity index (χ0) is 22.8. The SMILES string of the molecule is CC(C)[C@@H](NS(=O)(=O)c1cccs1)C(=O)N1CCN(c2cccc(C(F)(F)F)c2)CC1. The maximum Gasteiger partial charge on any atom is 0.416 e. The Bertz CT molecular complexity index is 1000. The van der Waals surface area contributed by atoms with Gasteiger partial charge in [-0.05, 0) is 35.6 Å². The Balaban J connectivity index is 1.67. The maximum atomic E-state index is 13.1. The molecule has 1 amide bonds. The third-order valence-corrected chi connectivity index (χ3v) is 7.94. The summed E-state index contributed by atoms with van der Waals surface area (Å²) in [5.74, 6) is -0.609. The minimum absolute atomic E-state index is 0.139. The van der Waals surface area contributed by atoms with Gasteiger partial charge in [-0.15, -0.1) is 11.3 Å². The van der Waals surface area contributed by atoms with E-state index in [9.17, 15) is 26.4 Å². The minimum atomic E-state index is -4.42. The molecule has 170 valence electrons. The number of hydrogen-bond acceptors (Lipinski definition) is 5. The highest BCUT2D eigenvalue weighted by atomic mass is 32.2. The zero-order valence-electron chi connectivity index (χ0n) is 17.1. The van der Waals surface area contributed by atoms with E-state index in [2.05, 4.69) is 4.72 Å². The van der Waals surface area contributed by atoms with Crippen LogP contribution in [0.2, 0.25) is 0 Å². The van der Waals surface area contributed by atoms with Crippen molar-refractivity contribution < 1.29 is 26.4 Å². The molecule has 1 fully saturated rings. The van der Waals surface area contributed by atoms with Crippen LogP contribution in [0, 0.1) is 5.92 Å². The first-order chi connectivity index (χ1) is 14.5. The molecule has 0 saturated carbocycles. The Morgan fingerprint density at radius 1 is 1.10 bits per heavy atom. The number of rotatable bonds is 6. The fourth-order valence-electron chi connectivity index (χ4n) is 3.37. The number of benzene rings is 1. The Kier molecular flexibility index (Phi) is 6.97. The summed E-state index contributed by atoms with van der Waals surface area (Å²) in [6.45, 7) is 4.82. The van der Waals surface area contributed by atoms with Gasteiger partial charge in [0.05, 0.1) is 5.56 Å². The summed E-state index contributed by atoms with van der Waals surface area (Å²) in [4.78, 5) is 16.4. The smallest absolute Gasteiger partial charge is 0.368 e. The summed E-state index contributed by atoms with van der Waals surface area (Å²) in [6.07, 6.45) is -4.42. The molecule has 2 heterocycles. The zero-order valence-corrected chi connectivity index (χ0v) is 18.7. The van der Waals surface area contributed by atoms with E-state index in [4.69, 9.17) is 0 Å². The monoisotopic (exact) mass is 475 g/mol. The Morgan fingerprint density at radius 3 is 2.32 bits per heavy atom. The van der Waals surface area contributed by atoms with E-state index in [1.54, 1.807) is 41.2 Å². The fourth-order valence-corrected chi connectivity index (χ4v) is 5.72. The molecule has 1 aliphatic heterocycles. The highest BCUT2D eigenvalue weighted by Crippen LogP contribution is 2.32. The summed E-state index contributed by atoms with van der Waals surface area (Å²) in [7, 11) is -3.81. The minimum Gasteiger partial charge on any atom is -0.368 e. The molecule has 1 aromatic carbocycles. The number of hydrogen-bond donors (Lipinski definition) is 1. The second-order valence-corrected chi connectivity index (χ2v) is 10.5. The van der Waals surface area contributed by atoms with Crippen molar-refractivity contribution in [2.45, 2.75) is 30.3 Å². The number of nitrogens with zero attached hydrogens (tertiary/aromatic N) is 2. The molecule has 1 atom stereocenters. The predicted molar refractivity (Wildman–Crippen MR) is 114 cm³/mol. The lowest BCUT2D eigenvalue weighted by atomic mass is 10.0. The number of sulfonamides is 1. The molecule has 0 radical (unpaired) electrons. The first kappa shape index (κ1) is 23.6. The van der Waals surface area contributed by atoms with Crippen LogP contribution in [0.3, 0.4) is 0 Å². The van der Waals surface area contributed by atoms with Crippen molar-refractivity contribution in [1.82, 2.24) is 9.62 Å². The van der Waals surface area contributed by atoms with Crippen LogP contribution in [0.5, 0.6) is 0 Å². The van der Waals surface area contributed by atoms with E-state index in [1.165, 1.54) is 12.1 Å². The molecule has 31 heavy (non-hydrogen) atoms. The number of anilines is 1. The van der Waals surface area contributed by atoms with Crippen molar-refractivity contribution in [3.8, 4) is 0 Å². The van der Waals surface area contributed by atoms with Gasteiger partial charge in [0.2, 0.25) is 5.91 Å². The molecule has 11 heteroatoms. The summed E-state index contributed by atoms with van der Waals surface area (Å²) >= 11 is 1.07. The van der Waals surface area contributed by atoms with Gasteiger partial charge in [0.25, 0.3) is 10.0 Å². The van der Waals surface area contributed by atoms with Gasteiger partial charge in [0, 0.05) is 31.9 Å². The molecule has 2 aromatic rings. The number of piperazine rings is 1. The van der Waals surface area contributed by atoms with Gasteiger partial charge in [-0.3, -0.25) is 4.79 Å². The summed E-state index contributed by atoms with van der Waals surface area (Å²) in [6, 6.07) is 7.27. The fraction of sp³-hybridized carbons (Fsp3) is 0.450. The lowest BCUT2D eigenvalue weighted by Gasteiger charge is -2.38. The molecule has 1 aliphatic rings. The highest BCUT2D eigenvalue weighted by molar-refractivity contribution is 7.91. The van der Waals surface area contributed by atoms with Gasteiger partial charge in [0.15, 0.2) is 0 Å². The van der Waals surface area contributed by atoms with Crippen LogP contribution in [-0.4, -0.2) is 51.4 Å². The van der Waals surface area contributed by atoms with E-state index in [0.29, 0.717) is 31.9 Å². The first-order valence-electron chi connectivity index (χ1n) is 9.76. The molecule has 0 spiro atoms. The third kappa shape index (κ3) is 5.58. The molecule has 0 bridgehead atoms. The number of amides is 1. The van der Waals surface area contributed by atoms with Gasteiger partial charge < -0.3 is 9.80 Å². The van der Waals surface area contributed by atoms with Gasteiger partial charge in [-0.1, -0.05) is 26.0 Å². The van der Waals surface area contributed by atoms with Crippen molar-refractivity contribution in [3.63, 3.8) is 0 Å². The Morgan fingerprint density at radius 2 is 1.77 bits per heavy atom. The van der Waals surface area contributed by atoms with Crippen molar-refractivity contribution in [1.29, 1.82) is 0 Å². The molecule has 1 saturated heterocycles. The van der Waals surface area contributed by atoms with Crippen molar-refractivity contribution >= 4 is 33.0 Å². The van der Waals surface area contributed by atoms with E-state index < -0.39 is 27.8 Å². The summed E-state index contributed by atoms with van der Waals surface area (Å²) in [5.41, 5.74) is -0.271. The molecular formula is C20H24F3N3O3S2. The van der Waals surface area contributed by atoms with Crippen molar-refractivity contribution in [3.05, 3.63) is 47.3 Å². The number of alkyl halides is 3. The Hall–Kier alpha value is -2.11. The van der Waals surface area contributed by atoms with Crippen LogP contribution in [-0.2, 0) is 21.0 Å². The Labute approximate surface area is 183 Å². The standard InChI is InChI=1S/C20H24F3N3O3S2/c1-14(2)18(24-31(28,29)17-7-4-12-30-17)19(27)26-10-8-25(9-11-26)16-6-3-5-15(13-16)20(21,22)23/h3-7,12-14,18,24H,8-11H2,1-2H3/t18-/m1/s1. The molecule has 1 N–H and O–H groups in total. The van der Waals surface area contributed by atoms with Gasteiger partial charge in [-0.25, -0.2) is 8.42 Å². The third-order valence-electron chi connectivity index (χ3n) is 5.10. The van der Waals surface area contributed by atoms with E-state index >= 15 is 0 Å². The van der Waals surface area contributed by atoms with Crippen molar-refractivity contribution in [2.75, 3.05) is 31.1 Å². The van der Waals surface area contributed by atoms with Crippen LogP contribution in [0.1, 0.15) is 19.4 Å². The predicted octanol–water partition coefficient (Wildman–Crippen LogP) is 3.42. The van der Waals surface area contributed by atoms with Gasteiger partial charge in [0.1, 0.15) is 10.3 Å². The quantitative estimate of drug-likeness (QED) is 0.695. The molecule has 6 nitrogen and oxygen atoms in total. The molecule has 3 rings (SSSR count). The van der Waals surface area contributed by atoms with Crippen LogP contribution in [0.15, 0.2) is 46.0 Å². The average molecular weight is 476 g/mol. The van der Waals surface area contributed by atoms with Gasteiger partial charge >= 0.3 is 6.18 Å². The van der Waals surface area contributed by atoms with Gasteiger partial charge in [-0.2, -0.15) is 17.9 Å².